The van der Waals surface area contributed by atoms with E-state index in [-0.39, 0.29) is 17.2 Å². The van der Waals surface area contributed by atoms with Crippen LogP contribution in [0.1, 0.15) is 37.0 Å². The van der Waals surface area contributed by atoms with Gasteiger partial charge < -0.3 is 10.6 Å². The third-order valence-electron chi connectivity index (χ3n) is 2.73. The molecule has 0 fully saturated rings. The predicted molar refractivity (Wildman–Crippen MR) is 67.3 cm³/mol. The maximum absolute atomic E-state index is 13.3. The molecule has 0 radical (unpaired) electrons. The number of hydrogen-bond acceptors (Lipinski definition) is 2. The summed E-state index contributed by atoms with van der Waals surface area (Å²) >= 11 is 0. The lowest BCUT2D eigenvalue weighted by atomic mass is 10.1. The Kier molecular flexibility index (Phi) is 4.94. The van der Waals surface area contributed by atoms with Crippen LogP contribution in [0.5, 0.6) is 0 Å². The minimum atomic E-state index is -0.539. The molecule has 0 aromatic heterocycles. The second-order valence-electron chi connectivity index (χ2n) is 3.94. The highest BCUT2D eigenvalue weighted by Crippen LogP contribution is 2.18. The molecule has 3 nitrogen and oxygen atoms in total. The lowest BCUT2D eigenvalue weighted by Crippen LogP contribution is -2.32. The van der Waals surface area contributed by atoms with Crippen LogP contribution in [0.25, 0.3) is 0 Å². The first-order valence-corrected chi connectivity index (χ1v) is 5.95. The summed E-state index contributed by atoms with van der Waals surface area (Å²) in [4.78, 5) is 13.8. The number of nitrogens with two attached hydrogens (primary N) is 1. The SMILES string of the molecule is CCCCN(CC)C(=O)c1cccc(F)c1N. The number of amides is 1. The van der Waals surface area contributed by atoms with Crippen molar-refractivity contribution in [2.24, 2.45) is 0 Å². The summed E-state index contributed by atoms with van der Waals surface area (Å²) in [6.45, 7) is 5.26. The van der Waals surface area contributed by atoms with Gasteiger partial charge in [0.25, 0.3) is 5.91 Å². The maximum atomic E-state index is 13.3. The fourth-order valence-electron chi connectivity index (χ4n) is 1.65. The molecule has 0 aliphatic heterocycles. The number of carbonyl (C=O) groups is 1. The summed E-state index contributed by atoms with van der Waals surface area (Å²) in [5.41, 5.74) is 5.77. The summed E-state index contributed by atoms with van der Waals surface area (Å²) in [6, 6.07) is 4.33. The second-order valence-corrected chi connectivity index (χ2v) is 3.94. The van der Waals surface area contributed by atoms with Crippen molar-refractivity contribution in [3.05, 3.63) is 29.6 Å². The average Bonchev–Trinajstić information content (AvgIpc) is 2.33. The Morgan fingerprint density at radius 1 is 1.41 bits per heavy atom. The first kappa shape index (κ1) is 13.5. The van der Waals surface area contributed by atoms with Gasteiger partial charge in [0.1, 0.15) is 5.82 Å². The van der Waals surface area contributed by atoms with E-state index >= 15 is 0 Å². The molecular weight excluding hydrogens is 219 g/mol. The van der Waals surface area contributed by atoms with Gasteiger partial charge in [0.15, 0.2) is 0 Å². The number of para-hydroxylation sites is 1. The second kappa shape index (κ2) is 6.23. The summed E-state index contributed by atoms with van der Waals surface area (Å²) in [5, 5.41) is 0. The fraction of sp³-hybridized carbons (Fsp3) is 0.462. The Morgan fingerprint density at radius 2 is 2.12 bits per heavy atom. The Labute approximate surface area is 101 Å². The van der Waals surface area contributed by atoms with Crippen molar-refractivity contribution in [2.45, 2.75) is 26.7 Å². The highest BCUT2D eigenvalue weighted by atomic mass is 19.1. The Morgan fingerprint density at radius 3 is 2.71 bits per heavy atom. The molecule has 1 aromatic carbocycles. The minimum Gasteiger partial charge on any atom is -0.396 e. The zero-order valence-electron chi connectivity index (χ0n) is 10.4. The number of carbonyl (C=O) groups excluding carboxylic acids is 1. The number of hydrogen-bond donors (Lipinski definition) is 1. The Bertz CT molecular complexity index is 393. The number of unbranched alkanes of at least 4 members (excludes halogenated alkanes) is 1. The molecule has 0 atom stereocenters. The lowest BCUT2D eigenvalue weighted by molar-refractivity contribution is 0.0763. The highest BCUT2D eigenvalue weighted by molar-refractivity contribution is 5.99. The number of nitrogens with zero attached hydrogens (tertiary/aromatic N) is 1. The van der Waals surface area contributed by atoms with Gasteiger partial charge in [-0.25, -0.2) is 4.39 Å². The molecule has 0 heterocycles. The zero-order chi connectivity index (χ0) is 12.8. The molecule has 1 amide bonds. The molecule has 0 unspecified atom stereocenters. The van der Waals surface area contributed by atoms with Crippen LogP contribution in [0.3, 0.4) is 0 Å². The Hall–Kier alpha value is -1.58. The van der Waals surface area contributed by atoms with E-state index in [1.807, 2.05) is 6.92 Å². The fourth-order valence-corrected chi connectivity index (χ4v) is 1.65. The van der Waals surface area contributed by atoms with E-state index < -0.39 is 5.82 Å². The summed E-state index contributed by atoms with van der Waals surface area (Å²) < 4.78 is 13.3. The molecule has 1 aromatic rings. The summed E-state index contributed by atoms with van der Waals surface area (Å²) in [5.74, 6) is -0.736. The van der Waals surface area contributed by atoms with Gasteiger partial charge in [0.2, 0.25) is 0 Å². The minimum absolute atomic E-state index is 0.0625. The quantitative estimate of drug-likeness (QED) is 0.802. The molecule has 0 saturated carbocycles. The number of nitrogen functional groups attached to an aromatic ring is 1. The molecule has 94 valence electrons. The van der Waals surface area contributed by atoms with Gasteiger partial charge in [-0.3, -0.25) is 4.79 Å². The number of rotatable bonds is 5. The largest absolute Gasteiger partial charge is 0.396 e. The van der Waals surface area contributed by atoms with Crippen LogP contribution in [0.15, 0.2) is 18.2 Å². The number of anilines is 1. The van der Waals surface area contributed by atoms with Crippen LogP contribution in [-0.2, 0) is 0 Å². The van der Waals surface area contributed by atoms with Gasteiger partial charge in [-0.1, -0.05) is 19.4 Å². The van der Waals surface area contributed by atoms with Crippen molar-refractivity contribution >= 4 is 11.6 Å². The first-order chi connectivity index (χ1) is 8.11. The highest BCUT2D eigenvalue weighted by Gasteiger charge is 2.17. The zero-order valence-corrected chi connectivity index (χ0v) is 10.4. The third-order valence-corrected chi connectivity index (χ3v) is 2.73. The van der Waals surface area contributed by atoms with Gasteiger partial charge in [-0.15, -0.1) is 0 Å². The molecular formula is C13H19FN2O. The van der Waals surface area contributed by atoms with E-state index in [1.54, 1.807) is 11.0 Å². The van der Waals surface area contributed by atoms with Gasteiger partial charge in [-0.2, -0.15) is 0 Å². The maximum Gasteiger partial charge on any atom is 0.256 e. The van der Waals surface area contributed by atoms with Crippen molar-refractivity contribution in [2.75, 3.05) is 18.8 Å². The molecule has 1 rings (SSSR count). The molecule has 2 N–H and O–H groups in total. The molecule has 0 bridgehead atoms. The summed E-state index contributed by atoms with van der Waals surface area (Å²) in [6.07, 6.45) is 1.96. The van der Waals surface area contributed by atoms with Crippen molar-refractivity contribution in [3.63, 3.8) is 0 Å². The van der Waals surface area contributed by atoms with E-state index in [4.69, 9.17) is 5.73 Å². The Balaban J connectivity index is 2.90. The van der Waals surface area contributed by atoms with Crippen molar-refractivity contribution in [1.29, 1.82) is 0 Å². The monoisotopic (exact) mass is 238 g/mol. The average molecular weight is 238 g/mol. The van der Waals surface area contributed by atoms with Gasteiger partial charge >= 0.3 is 0 Å². The van der Waals surface area contributed by atoms with Crippen LogP contribution in [0.4, 0.5) is 10.1 Å². The topological polar surface area (TPSA) is 46.3 Å². The summed E-state index contributed by atoms with van der Waals surface area (Å²) in [7, 11) is 0. The normalized spacial score (nSPS) is 10.3. The van der Waals surface area contributed by atoms with Crippen LogP contribution < -0.4 is 5.73 Å². The van der Waals surface area contributed by atoms with E-state index in [2.05, 4.69) is 6.92 Å². The van der Waals surface area contributed by atoms with Crippen LogP contribution >= 0.6 is 0 Å². The molecule has 4 heteroatoms. The molecule has 17 heavy (non-hydrogen) atoms. The number of halogens is 1. The predicted octanol–water partition coefficient (Wildman–Crippen LogP) is 2.67. The smallest absolute Gasteiger partial charge is 0.256 e. The molecule has 0 aliphatic rings. The van der Waals surface area contributed by atoms with E-state index in [0.29, 0.717) is 13.1 Å². The standard InChI is InChI=1S/C13H19FN2O/c1-3-5-9-16(4-2)13(17)10-7-6-8-11(14)12(10)15/h6-8H,3-5,9,15H2,1-2H3. The van der Waals surface area contributed by atoms with Crippen LogP contribution in [0, 0.1) is 5.82 Å². The van der Waals surface area contributed by atoms with E-state index in [1.165, 1.54) is 12.1 Å². The van der Waals surface area contributed by atoms with Crippen LogP contribution in [0.2, 0.25) is 0 Å². The van der Waals surface area contributed by atoms with Crippen molar-refractivity contribution in [3.8, 4) is 0 Å². The molecule has 0 aliphatic carbocycles. The van der Waals surface area contributed by atoms with E-state index in [9.17, 15) is 9.18 Å². The van der Waals surface area contributed by atoms with Gasteiger partial charge in [-0.05, 0) is 25.5 Å². The van der Waals surface area contributed by atoms with E-state index in [0.717, 1.165) is 12.8 Å². The van der Waals surface area contributed by atoms with Gasteiger partial charge in [0, 0.05) is 13.1 Å². The van der Waals surface area contributed by atoms with Crippen molar-refractivity contribution in [1.82, 2.24) is 4.90 Å². The lowest BCUT2D eigenvalue weighted by Gasteiger charge is -2.21. The first-order valence-electron chi connectivity index (χ1n) is 5.95. The third kappa shape index (κ3) is 3.19. The molecule has 0 spiro atoms. The van der Waals surface area contributed by atoms with Gasteiger partial charge in [0.05, 0.1) is 11.3 Å². The van der Waals surface area contributed by atoms with Crippen molar-refractivity contribution < 1.29 is 9.18 Å². The molecule has 0 saturated heterocycles. The number of benzene rings is 1. The van der Waals surface area contributed by atoms with Crippen LogP contribution in [-0.4, -0.2) is 23.9 Å².